The van der Waals surface area contributed by atoms with Crippen molar-refractivity contribution in [2.24, 2.45) is 0 Å². The van der Waals surface area contributed by atoms with E-state index in [0.717, 1.165) is 0 Å². The quantitative estimate of drug-likeness (QED) is 0.696. The largest absolute Gasteiger partial charge is 0.300 e. The Hall–Kier alpha value is -2.20. The fourth-order valence-corrected chi connectivity index (χ4v) is 2.32. The van der Waals surface area contributed by atoms with Crippen LogP contribution in [-0.4, -0.2) is 22.6 Å². The lowest BCUT2D eigenvalue weighted by molar-refractivity contribution is 0.149. The van der Waals surface area contributed by atoms with E-state index in [1.807, 2.05) is 0 Å². The molecular formula is C14H11F2N3OS. The van der Waals surface area contributed by atoms with Crippen LogP contribution in [0.25, 0.3) is 11.3 Å². The number of nitrogens with one attached hydrogen (secondary N) is 1. The zero-order valence-corrected chi connectivity index (χ0v) is 11.9. The van der Waals surface area contributed by atoms with Crippen molar-refractivity contribution >= 4 is 11.8 Å². The average Bonchev–Trinajstić information content (AvgIpc) is 2.46. The zero-order chi connectivity index (χ0) is 15.4. The fourth-order valence-electron chi connectivity index (χ4n) is 1.94. The highest BCUT2D eigenvalue weighted by Gasteiger charge is 2.17. The maximum absolute atomic E-state index is 12.7. The molecule has 1 aromatic heterocycles. The number of hydrogen-bond acceptors (Lipinski definition) is 4. The Bertz CT molecular complexity index is 753. The minimum Gasteiger partial charge on any atom is -0.300 e. The molecule has 0 unspecified atom stereocenters. The molecule has 7 heteroatoms. The van der Waals surface area contributed by atoms with E-state index in [2.05, 4.69) is 9.97 Å². The third kappa shape index (κ3) is 3.28. The SMILES string of the molecule is CSc1nc(-c2ccccc2CC(F)F)c(C#N)c(=O)[nH]1. The summed E-state index contributed by atoms with van der Waals surface area (Å²) >= 11 is 1.21. The summed E-state index contributed by atoms with van der Waals surface area (Å²) in [5, 5.41) is 9.47. The Morgan fingerprint density at radius 2 is 2.14 bits per heavy atom. The first-order valence-corrected chi connectivity index (χ1v) is 7.24. The van der Waals surface area contributed by atoms with E-state index in [1.165, 1.54) is 11.8 Å². The fraction of sp³-hybridized carbons (Fsp3) is 0.214. The first kappa shape index (κ1) is 15.2. The normalized spacial score (nSPS) is 10.6. The third-order valence-corrected chi connectivity index (χ3v) is 3.43. The predicted octanol–water partition coefficient (Wildman–Crippen LogP) is 2.84. The van der Waals surface area contributed by atoms with Crippen molar-refractivity contribution in [3.05, 3.63) is 45.7 Å². The van der Waals surface area contributed by atoms with E-state index in [0.29, 0.717) is 16.3 Å². The highest BCUT2D eigenvalue weighted by Crippen LogP contribution is 2.26. The van der Waals surface area contributed by atoms with Gasteiger partial charge in [0.25, 0.3) is 5.56 Å². The molecule has 0 atom stereocenters. The number of nitriles is 1. The van der Waals surface area contributed by atoms with E-state index in [9.17, 15) is 13.6 Å². The average molecular weight is 307 g/mol. The third-order valence-electron chi connectivity index (χ3n) is 2.85. The highest BCUT2D eigenvalue weighted by atomic mass is 32.2. The highest BCUT2D eigenvalue weighted by molar-refractivity contribution is 7.98. The summed E-state index contributed by atoms with van der Waals surface area (Å²) in [6.07, 6.45) is -1.25. The second-order valence-electron chi connectivity index (χ2n) is 4.16. The van der Waals surface area contributed by atoms with Crippen LogP contribution in [0.15, 0.2) is 34.2 Å². The molecule has 0 saturated heterocycles. The van der Waals surface area contributed by atoms with E-state index in [1.54, 1.807) is 36.6 Å². The van der Waals surface area contributed by atoms with Gasteiger partial charge in [-0.15, -0.1) is 0 Å². The second kappa shape index (κ2) is 6.50. The summed E-state index contributed by atoms with van der Waals surface area (Å²) < 4.78 is 25.3. The van der Waals surface area contributed by atoms with Gasteiger partial charge in [0.05, 0.1) is 5.69 Å². The number of nitrogens with zero attached hydrogens (tertiary/aromatic N) is 2. The summed E-state index contributed by atoms with van der Waals surface area (Å²) in [7, 11) is 0. The molecular weight excluding hydrogens is 296 g/mol. The van der Waals surface area contributed by atoms with Crippen LogP contribution in [0.2, 0.25) is 0 Å². The van der Waals surface area contributed by atoms with Gasteiger partial charge in [-0.25, -0.2) is 13.8 Å². The van der Waals surface area contributed by atoms with Gasteiger partial charge in [-0.1, -0.05) is 36.0 Å². The standard InChI is InChI=1S/C14H11F2N3OS/c1-21-14-18-12(10(7-17)13(20)19-14)9-5-3-2-4-8(9)6-11(15)16/h2-5,11H,6H2,1H3,(H,18,19,20). The van der Waals surface area contributed by atoms with Crippen LogP contribution < -0.4 is 5.56 Å². The van der Waals surface area contributed by atoms with Crippen molar-refractivity contribution in [3.8, 4) is 17.3 Å². The van der Waals surface area contributed by atoms with E-state index in [4.69, 9.17) is 5.26 Å². The van der Waals surface area contributed by atoms with Gasteiger partial charge in [0, 0.05) is 12.0 Å². The molecule has 2 aromatic rings. The van der Waals surface area contributed by atoms with Crippen LogP contribution >= 0.6 is 11.8 Å². The van der Waals surface area contributed by atoms with Crippen LogP contribution in [0.5, 0.6) is 0 Å². The lowest BCUT2D eigenvalue weighted by Crippen LogP contribution is -2.15. The summed E-state index contributed by atoms with van der Waals surface area (Å²) in [6, 6.07) is 8.22. The number of H-pyrrole nitrogens is 1. The molecule has 1 heterocycles. The van der Waals surface area contributed by atoms with Gasteiger partial charge < -0.3 is 4.98 Å². The van der Waals surface area contributed by atoms with Gasteiger partial charge >= 0.3 is 0 Å². The Morgan fingerprint density at radius 3 is 2.76 bits per heavy atom. The zero-order valence-electron chi connectivity index (χ0n) is 11.1. The lowest BCUT2D eigenvalue weighted by Gasteiger charge is -2.10. The topological polar surface area (TPSA) is 69.5 Å². The monoisotopic (exact) mass is 307 g/mol. The molecule has 0 amide bonds. The second-order valence-corrected chi connectivity index (χ2v) is 4.96. The number of rotatable bonds is 4. The Balaban J connectivity index is 2.70. The molecule has 2 rings (SSSR count). The van der Waals surface area contributed by atoms with Gasteiger partial charge in [-0.2, -0.15) is 5.26 Å². The maximum atomic E-state index is 12.7. The molecule has 0 bridgehead atoms. The summed E-state index contributed by atoms with van der Waals surface area (Å²) in [5.74, 6) is 0. The van der Waals surface area contributed by atoms with E-state index < -0.39 is 18.4 Å². The number of alkyl halides is 2. The molecule has 0 aliphatic heterocycles. The van der Waals surface area contributed by atoms with Crippen molar-refractivity contribution in [3.63, 3.8) is 0 Å². The maximum Gasteiger partial charge on any atom is 0.270 e. The van der Waals surface area contributed by atoms with Crippen LogP contribution in [0, 0.1) is 11.3 Å². The molecule has 1 N–H and O–H groups in total. The number of benzene rings is 1. The minimum atomic E-state index is -2.52. The van der Waals surface area contributed by atoms with Crippen LogP contribution in [0.1, 0.15) is 11.1 Å². The Morgan fingerprint density at radius 1 is 1.43 bits per heavy atom. The summed E-state index contributed by atoms with van der Waals surface area (Å²) in [4.78, 5) is 18.6. The van der Waals surface area contributed by atoms with Crippen LogP contribution in [-0.2, 0) is 6.42 Å². The molecule has 0 fully saturated rings. The predicted molar refractivity (Wildman–Crippen MR) is 76.5 cm³/mol. The molecule has 0 radical (unpaired) electrons. The van der Waals surface area contributed by atoms with Crippen molar-refractivity contribution in [1.29, 1.82) is 5.26 Å². The number of hydrogen-bond donors (Lipinski definition) is 1. The van der Waals surface area contributed by atoms with E-state index >= 15 is 0 Å². The van der Waals surface area contributed by atoms with E-state index in [-0.39, 0.29) is 11.3 Å². The van der Waals surface area contributed by atoms with Crippen molar-refractivity contribution in [2.75, 3.05) is 6.26 Å². The van der Waals surface area contributed by atoms with Crippen LogP contribution in [0.4, 0.5) is 8.78 Å². The Kier molecular flexibility index (Phi) is 4.70. The molecule has 0 aliphatic carbocycles. The molecule has 21 heavy (non-hydrogen) atoms. The van der Waals surface area contributed by atoms with Crippen molar-refractivity contribution in [2.45, 2.75) is 18.0 Å². The van der Waals surface area contributed by atoms with Crippen molar-refractivity contribution in [1.82, 2.24) is 9.97 Å². The van der Waals surface area contributed by atoms with Crippen molar-refractivity contribution < 1.29 is 8.78 Å². The summed E-state index contributed by atoms with van der Waals surface area (Å²) in [5.41, 5.74) is 0.139. The minimum absolute atomic E-state index is 0.141. The molecule has 108 valence electrons. The number of halogens is 2. The molecule has 0 spiro atoms. The smallest absolute Gasteiger partial charge is 0.270 e. The molecule has 0 aliphatic rings. The van der Waals surface area contributed by atoms with Gasteiger partial charge in [0.2, 0.25) is 6.43 Å². The number of aromatic amines is 1. The lowest BCUT2D eigenvalue weighted by atomic mass is 9.99. The Labute approximate surface area is 123 Å². The number of thioether (sulfide) groups is 1. The molecule has 4 nitrogen and oxygen atoms in total. The van der Waals surface area contributed by atoms with Crippen LogP contribution in [0.3, 0.4) is 0 Å². The molecule has 0 saturated carbocycles. The van der Waals surface area contributed by atoms with Gasteiger partial charge in [-0.05, 0) is 11.8 Å². The number of aromatic nitrogens is 2. The van der Waals surface area contributed by atoms with Gasteiger partial charge in [-0.3, -0.25) is 4.79 Å². The summed E-state index contributed by atoms with van der Waals surface area (Å²) in [6.45, 7) is 0. The first-order chi connectivity index (χ1) is 10.1. The van der Waals surface area contributed by atoms with Gasteiger partial charge in [0.1, 0.15) is 11.6 Å². The molecule has 1 aromatic carbocycles. The van der Waals surface area contributed by atoms with Gasteiger partial charge in [0.15, 0.2) is 5.16 Å². The first-order valence-electron chi connectivity index (χ1n) is 6.01.